The van der Waals surface area contributed by atoms with Gasteiger partial charge in [0, 0.05) is 10.9 Å². The van der Waals surface area contributed by atoms with E-state index in [2.05, 4.69) is 23.7 Å². The number of nitrogens with zero attached hydrogens (tertiary/aromatic N) is 2. The highest BCUT2D eigenvalue weighted by Gasteiger charge is 2.25. The van der Waals surface area contributed by atoms with Gasteiger partial charge in [0.2, 0.25) is 0 Å². The van der Waals surface area contributed by atoms with Crippen LogP contribution >= 0.6 is 11.3 Å². The molecule has 4 heteroatoms. The Hall–Kier alpha value is -0.610. The van der Waals surface area contributed by atoms with E-state index in [0.29, 0.717) is 6.04 Å². The molecular formula is C12H21N3S. The number of likely N-dealkylation sites (N-methyl/N-ethyl adjacent to an activating group) is 1. The quantitative estimate of drug-likeness (QED) is 0.876. The lowest BCUT2D eigenvalue weighted by molar-refractivity contribution is 0.190. The number of rotatable bonds is 4. The maximum absolute atomic E-state index is 5.76. The lowest BCUT2D eigenvalue weighted by atomic mass is 9.96. The van der Waals surface area contributed by atoms with Crippen molar-refractivity contribution in [1.29, 1.82) is 0 Å². The van der Waals surface area contributed by atoms with Crippen molar-refractivity contribution in [2.75, 3.05) is 18.8 Å². The molecule has 0 radical (unpaired) electrons. The summed E-state index contributed by atoms with van der Waals surface area (Å²) in [6.07, 6.45) is 4.73. The summed E-state index contributed by atoms with van der Waals surface area (Å²) < 4.78 is 0. The van der Waals surface area contributed by atoms with Crippen molar-refractivity contribution < 1.29 is 0 Å². The largest absolute Gasteiger partial charge is 0.375 e. The summed E-state index contributed by atoms with van der Waals surface area (Å²) in [5.74, 6) is 0. The SMILES string of the molecule is CCCN(CC)[C@H]1CCc2nc(N)sc2C1. The van der Waals surface area contributed by atoms with Gasteiger partial charge >= 0.3 is 0 Å². The summed E-state index contributed by atoms with van der Waals surface area (Å²) in [7, 11) is 0. The second-order valence-corrected chi connectivity index (χ2v) is 5.56. The van der Waals surface area contributed by atoms with Crippen LogP contribution in [0.5, 0.6) is 0 Å². The number of nitrogens with two attached hydrogens (primary N) is 1. The van der Waals surface area contributed by atoms with Crippen LogP contribution in [0.25, 0.3) is 0 Å². The Labute approximate surface area is 102 Å². The van der Waals surface area contributed by atoms with Crippen LogP contribution < -0.4 is 5.73 Å². The minimum Gasteiger partial charge on any atom is -0.375 e. The Kier molecular flexibility index (Phi) is 3.82. The van der Waals surface area contributed by atoms with Crippen molar-refractivity contribution in [2.45, 2.75) is 45.6 Å². The first-order valence-electron chi connectivity index (χ1n) is 6.22. The average Bonchev–Trinajstić information content (AvgIpc) is 2.64. The van der Waals surface area contributed by atoms with Gasteiger partial charge in [-0.3, -0.25) is 0 Å². The van der Waals surface area contributed by atoms with Crippen LogP contribution in [-0.2, 0) is 12.8 Å². The van der Waals surface area contributed by atoms with Crippen LogP contribution in [0.4, 0.5) is 5.13 Å². The maximum Gasteiger partial charge on any atom is 0.180 e. The predicted molar refractivity (Wildman–Crippen MR) is 69.9 cm³/mol. The average molecular weight is 239 g/mol. The van der Waals surface area contributed by atoms with Crippen LogP contribution in [0.3, 0.4) is 0 Å². The zero-order valence-corrected chi connectivity index (χ0v) is 11.0. The van der Waals surface area contributed by atoms with Gasteiger partial charge in [-0.25, -0.2) is 4.98 Å². The Balaban J connectivity index is 2.06. The number of thiazole rings is 1. The topological polar surface area (TPSA) is 42.2 Å². The molecule has 0 bridgehead atoms. The zero-order chi connectivity index (χ0) is 11.5. The summed E-state index contributed by atoms with van der Waals surface area (Å²) in [6.45, 7) is 6.88. The third kappa shape index (κ3) is 2.38. The first kappa shape index (κ1) is 11.9. The lowest BCUT2D eigenvalue weighted by Gasteiger charge is -2.32. The summed E-state index contributed by atoms with van der Waals surface area (Å²) in [6, 6.07) is 0.706. The fourth-order valence-corrected chi connectivity index (χ4v) is 3.52. The molecule has 1 aliphatic carbocycles. The van der Waals surface area contributed by atoms with Gasteiger partial charge in [-0.1, -0.05) is 13.8 Å². The van der Waals surface area contributed by atoms with Gasteiger partial charge in [0.25, 0.3) is 0 Å². The van der Waals surface area contributed by atoms with E-state index in [9.17, 15) is 0 Å². The molecule has 0 aliphatic heterocycles. The van der Waals surface area contributed by atoms with Gasteiger partial charge in [-0.2, -0.15) is 0 Å². The number of hydrogen-bond acceptors (Lipinski definition) is 4. The highest BCUT2D eigenvalue weighted by Crippen LogP contribution is 2.30. The molecule has 2 N–H and O–H groups in total. The van der Waals surface area contributed by atoms with Crippen molar-refractivity contribution in [1.82, 2.24) is 9.88 Å². The standard InChI is InChI=1S/C12H21N3S/c1-3-7-15(4-2)9-5-6-10-11(8-9)16-12(13)14-10/h9H,3-8H2,1-2H3,(H2,13,14)/t9-/m0/s1. The van der Waals surface area contributed by atoms with Gasteiger partial charge in [0.05, 0.1) is 5.69 Å². The molecule has 1 aromatic rings. The van der Waals surface area contributed by atoms with Crippen LogP contribution in [-0.4, -0.2) is 29.0 Å². The molecule has 2 rings (SSSR count). The second kappa shape index (κ2) is 5.15. The number of anilines is 1. The normalized spacial score (nSPS) is 20.1. The fraction of sp³-hybridized carbons (Fsp3) is 0.750. The van der Waals surface area contributed by atoms with E-state index < -0.39 is 0 Å². The second-order valence-electron chi connectivity index (χ2n) is 4.45. The van der Waals surface area contributed by atoms with Gasteiger partial charge in [0.15, 0.2) is 5.13 Å². The lowest BCUT2D eigenvalue weighted by Crippen LogP contribution is -2.39. The van der Waals surface area contributed by atoms with Crippen molar-refractivity contribution in [3.05, 3.63) is 10.6 Å². The molecule has 0 spiro atoms. The zero-order valence-electron chi connectivity index (χ0n) is 10.2. The highest BCUT2D eigenvalue weighted by atomic mass is 32.1. The maximum atomic E-state index is 5.76. The molecule has 1 aromatic heterocycles. The molecule has 0 fully saturated rings. The summed E-state index contributed by atoms with van der Waals surface area (Å²) >= 11 is 1.68. The van der Waals surface area contributed by atoms with E-state index in [1.54, 1.807) is 11.3 Å². The Bertz CT molecular complexity index is 348. The molecule has 0 aromatic carbocycles. The number of nitrogen functional groups attached to an aromatic ring is 1. The minimum absolute atomic E-state index is 0.706. The van der Waals surface area contributed by atoms with E-state index in [-0.39, 0.29) is 0 Å². The van der Waals surface area contributed by atoms with Crippen LogP contribution in [0.1, 0.15) is 37.3 Å². The Morgan fingerprint density at radius 3 is 3.00 bits per heavy atom. The molecular weight excluding hydrogens is 218 g/mol. The Morgan fingerprint density at radius 2 is 2.31 bits per heavy atom. The molecule has 0 saturated heterocycles. The summed E-state index contributed by atoms with van der Waals surface area (Å²) in [4.78, 5) is 8.41. The third-order valence-electron chi connectivity index (χ3n) is 3.36. The minimum atomic E-state index is 0.706. The van der Waals surface area contributed by atoms with Crippen molar-refractivity contribution in [3.8, 4) is 0 Å². The van der Waals surface area contributed by atoms with Crippen molar-refractivity contribution in [2.24, 2.45) is 0 Å². The fourth-order valence-electron chi connectivity index (χ4n) is 2.58. The molecule has 1 aliphatic rings. The number of aryl methyl sites for hydroxylation is 1. The summed E-state index contributed by atoms with van der Waals surface area (Å²) in [5, 5.41) is 0.740. The van der Waals surface area contributed by atoms with Crippen molar-refractivity contribution in [3.63, 3.8) is 0 Å². The van der Waals surface area contributed by atoms with E-state index in [1.807, 2.05) is 0 Å². The molecule has 1 heterocycles. The Morgan fingerprint density at radius 1 is 1.50 bits per heavy atom. The van der Waals surface area contributed by atoms with Gasteiger partial charge < -0.3 is 10.6 Å². The van der Waals surface area contributed by atoms with Crippen LogP contribution in [0, 0.1) is 0 Å². The molecule has 0 unspecified atom stereocenters. The highest BCUT2D eigenvalue weighted by molar-refractivity contribution is 7.15. The monoisotopic (exact) mass is 239 g/mol. The predicted octanol–water partition coefficient (Wildman–Crippen LogP) is 2.31. The van der Waals surface area contributed by atoms with Gasteiger partial charge in [0.1, 0.15) is 0 Å². The first-order valence-corrected chi connectivity index (χ1v) is 7.04. The van der Waals surface area contributed by atoms with E-state index in [1.165, 1.54) is 30.0 Å². The van der Waals surface area contributed by atoms with E-state index in [4.69, 9.17) is 5.73 Å². The molecule has 16 heavy (non-hydrogen) atoms. The van der Waals surface area contributed by atoms with Gasteiger partial charge in [-0.05, 0) is 38.8 Å². The van der Waals surface area contributed by atoms with Gasteiger partial charge in [-0.15, -0.1) is 11.3 Å². The van der Waals surface area contributed by atoms with E-state index >= 15 is 0 Å². The number of aromatic nitrogens is 1. The van der Waals surface area contributed by atoms with Crippen LogP contribution in [0.15, 0.2) is 0 Å². The van der Waals surface area contributed by atoms with Crippen molar-refractivity contribution >= 4 is 16.5 Å². The van der Waals surface area contributed by atoms with E-state index in [0.717, 1.165) is 24.5 Å². The molecule has 0 amide bonds. The molecule has 1 atom stereocenters. The smallest absolute Gasteiger partial charge is 0.180 e. The number of hydrogen-bond donors (Lipinski definition) is 1. The summed E-state index contributed by atoms with van der Waals surface area (Å²) in [5.41, 5.74) is 7.02. The number of fused-ring (bicyclic) bond motifs is 1. The third-order valence-corrected chi connectivity index (χ3v) is 4.31. The first-order chi connectivity index (χ1) is 7.74. The molecule has 3 nitrogen and oxygen atoms in total. The molecule has 0 saturated carbocycles. The van der Waals surface area contributed by atoms with Crippen LogP contribution in [0.2, 0.25) is 0 Å². The molecule has 90 valence electrons.